The summed E-state index contributed by atoms with van der Waals surface area (Å²) < 4.78 is 0. The average molecular weight is 262 g/mol. The number of nitrogens with one attached hydrogen (secondary N) is 1. The third-order valence-corrected chi connectivity index (χ3v) is 2.94. The molecular weight excluding hydrogens is 248 g/mol. The third kappa shape index (κ3) is 3.09. The van der Waals surface area contributed by atoms with Crippen LogP contribution in [0.25, 0.3) is 0 Å². The van der Waals surface area contributed by atoms with E-state index in [1.807, 2.05) is 30.3 Å². The van der Waals surface area contributed by atoms with Gasteiger partial charge in [0, 0.05) is 6.42 Å². The van der Waals surface area contributed by atoms with Crippen LogP contribution in [0.15, 0.2) is 30.3 Å². The summed E-state index contributed by atoms with van der Waals surface area (Å²) in [5, 5.41) is 11.1. The Balaban J connectivity index is 2.00. The third-order valence-electron chi connectivity index (χ3n) is 2.94. The second-order valence-corrected chi connectivity index (χ2v) is 4.34. The van der Waals surface area contributed by atoms with Crippen molar-refractivity contribution in [1.29, 1.82) is 0 Å². The number of hydrogen-bond donors (Lipinski definition) is 2. The highest BCUT2D eigenvalue weighted by molar-refractivity contribution is 6.04. The molecule has 1 fully saturated rings. The van der Waals surface area contributed by atoms with E-state index in [1.54, 1.807) is 0 Å². The van der Waals surface area contributed by atoms with Gasteiger partial charge in [-0.15, -0.1) is 0 Å². The SMILES string of the molecule is O=C(O)CC[C@@H]1NC(=O)N(Cc2ccccc2)C1=O. The van der Waals surface area contributed by atoms with Crippen LogP contribution in [-0.4, -0.2) is 34.0 Å². The molecule has 0 unspecified atom stereocenters. The van der Waals surface area contributed by atoms with Gasteiger partial charge in [-0.1, -0.05) is 30.3 Å². The molecule has 1 aliphatic heterocycles. The van der Waals surface area contributed by atoms with E-state index in [0.29, 0.717) is 0 Å². The van der Waals surface area contributed by atoms with Crippen LogP contribution in [0.5, 0.6) is 0 Å². The quantitative estimate of drug-likeness (QED) is 0.774. The Morgan fingerprint density at radius 3 is 2.58 bits per heavy atom. The van der Waals surface area contributed by atoms with Crippen molar-refractivity contribution >= 4 is 17.9 Å². The zero-order valence-corrected chi connectivity index (χ0v) is 10.2. The van der Waals surface area contributed by atoms with E-state index in [2.05, 4.69) is 5.32 Å². The van der Waals surface area contributed by atoms with Crippen LogP contribution in [0.3, 0.4) is 0 Å². The summed E-state index contributed by atoms with van der Waals surface area (Å²) in [5.74, 6) is -1.35. The Labute approximate surface area is 110 Å². The first kappa shape index (κ1) is 13.1. The smallest absolute Gasteiger partial charge is 0.325 e. The summed E-state index contributed by atoms with van der Waals surface area (Å²) in [6, 6.07) is 7.96. The van der Waals surface area contributed by atoms with Gasteiger partial charge in [0.2, 0.25) is 0 Å². The van der Waals surface area contributed by atoms with E-state index in [0.717, 1.165) is 10.5 Å². The fourth-order valence-electron chi connectivity index (χ4n) is 1.96. The fraction of sp³-hybridized carbons (Fsp3) is 0.308. The molecule has 19 heavy (non-hydrogen) atoms. The zero-order chi connectivity index (χ0) is 13.8. The van der Waals surface area contributed by atoms with Gasteiger partial charge in [0.05, 0.1) is 6.54 Å². The molecule has 2 N–H and O–H groups in total. The molecule has 100 valence electrons. The van der Waals surface area contributed by atoms with Gasteiger partial charge >= 0.3 is 12.0 Å². The molecule has 2 rings (SSSR count). The topological polar surface area (TPSA) is 86.7 Å². The van der Waals surface area contributed by atoms with Gasteiger partial charge in [-0.05, 0) is 12.0 Å². The van der Waals surface area contributed by atoms with Crippen LogP contribution in [-0.2, 0) is 16.1 Å². The van der Waals surface area contributed by atoms with Crippen molar-refractivity contribution < 1.29 is 19.5 Å². The maximum Gasteiger partial charge on any atom is 0.325 e. The van der Waals surface area contributed by atoms with Crippen molar-refractivity contribution in [1.82, 2.24) is 10.2 Å². The zero-order valence-electron chi connectivity index (χ0n) is 10.2. The lowest BCUT2D eigenvalue weighted by molar-refractivity contribution is -0.137. The molecule has 0 saturated carbocycles. The standard InChI is InChI=1S/C13H14N2O4/c16-11(17)7-6-10-12(18)15(13(19)14-10)8-9-4-2-1-3-5-9/h1-5,10H,6-8H2,(H,14,19)(H,16,17)/t10-/m0/s1. The molecule has 6 heteroatoms. The predicted octanol–water partition coefficient (Wildman–Crippen LogP) is 0.972. The normalized spacial score (nSPS) is 18.5. The highest BCUT2D eigenvalue weighted by Crippen LogP contribution is 2.14. The fourth-order valence-corrected chi connectivity index (χ4v) is 1.96. The first-order chi connectivity index (χ1) is 9.08. The molecule has 0 bridgehead atoms. The van der Waals surface area contributed by atoms with Crippen LogP contribution >= 0.6 is 0 Å². The highest BCUT2D eigenvalue weighted by Gasteiger charge is 2.37. The summed E-state index contributed by atoms with van der Waals surface area (Å²) in [6.07, 6.45) is -0.0267. The Morgan fingerprint density at radius 1 is 1.26 bits per heavy atom. The van der Waals surface area contributed by atoms with Gasteiger partial charge in [-0.25, -0.2) is 4.79 Å². The molecule has 1 aromatic rings. The average Bonchev–Trinajstić information content (AvgIpc) is 2.65. The number of benzene rings is 1. The van der Waals surface area contributed by atoms with Crippen LogP contribution in [0.2, 0.25) is 0 Å². The number of carbonyl (C=O) groups is 3. The summed E-state index contributed by atoms with van der Waals surface area (Å²) in [4.78, 5) is 35.3. The molecule has 1 heterocycles. The molecule has 6 nitrogen and oxygen atoms in total. The Morgan fingerprint density at radius 2 is 1.95 bits per heavy atom. The second kappa shape index (κ2) is 5.51. The molecule has 1 aromatic carbocycles. The van der Waals surface area contributed by atoms with E-state index >= 15 is 0 Å². The van der Waals surface area contributed by atoms with Gasteiger partial charge in [-0.3, -0.25) is 14.5 Å². The second-order valence-electron chi connectivity index (χ2n) is 4.34. The number of aliphatic carboxylic acids is 1. The number of hydrogen-bond acceptors (Lipinski definition) is 3. The Hall–Kier alpha value is -2.37. The summed E-state index contributed by atoms with van der Waals surface area (Å²) in [7, 11) is 0. The van der Waals surface area contributed by atoms with Gasteiger partial charge in [0.25, 0.3) is 5.91 Å². The van der Waals surface area contributed by atoms with Crippen molar-refractivity contribution in [3.8, 4) is 0 Å². The van der Waals surface area contributed by atoms with Crippen LogP contribution in [0, 0.1) is 0 Å². The van der Waals surface area contributed by atoms with Crippen molar-refractivity contribution in [3.63, 3.8) is 0 Å². The number of nitrogens with zero attached hydrogens (tertiary/aromatic N) is 1. The lowest BCUT2D eigenvalue weighted by Crippen LogP contribution is -2.31. The summed E-state index contributed by atoms with van der Waals surface area (Å²) in [6.45, 7) is 0.203. The van der Waals surface area contributed by atoms with Crippen molar-refractivity contribution in [2.45, 2.75) is 25.4 Å². The molecule has 3 amide bonds. The lowest BCUT2D eigenvalue weighted by Gasteiger charge is -2.12. The number of imide groups is 1. The molecule has 1 atom stereocenters. The molecule has 1 aliphatic rings. The Bertz CT molecular complexity index is 501. The van der Waals surface area contributed by atoms with Crippen molar-refractivity contribution in [2.75, 3.05) is 0 Å². The number of carboxylic acid groups (broad SMARTS) is 1. The van der Waals surface area contributed by atoms with Crippen LogP contribution in [0.1, 0.15) is 18.4 Å². The minimum Gasteiger partial charge on any atom is -0.481 e. The van der Waals surface area contributed by atoms with E-state index in [4.69, 9.17) is 5.11 Å². The van der Waals surface area contributed by atoms with Crippen molar-refractivity contribution in [2.24, 2.45) is 0 Å². The molecule has 0 aromatic heterocycles. The molecule has 0 spiro atoms. The van der Waals surface area contributed by atoms with Crippen LogP contribution in [0.4, 0.5) is 4.79 Å². The maximum atomic E-state index is 12.0. The number of urea groups is 1. The first-order valence-corrected chi connectivity index (χ1v) is 5.95. The summed E-state index contributed by atoms with van der Waals surface area (Å²) >= 11 is 0. The number of amides is 3. The number of carbonyl (C=O) groups excluding carboxylic acids is 2. The van der Waals surface area contributed by atoms with E-state index < -0.39 is 18.0 Å². The lowest BCUT2D eigenvalue weighted by atomic mass is 10.1. The molecular formula is C13H14N2O4. The molecule has 1 saturated heterocycles. The van der Waals surface area contributed by atoms with E-state index in [9.17, 15) is 14.4 Å². The minimum absolute atomic E-state index is 0.116. The van der Waals surface area contributed by atoms with Gasteiger partial charge in [-0.2, -0.15) is 0 Å². The summed E-state index contributed by atoms with van der Waals surface area (Å²) in [5.41, 5.74) is 0.852. The van der Waals surface area contributed by atoms with Crippen molar-refractivity contribution in [3.05, 3.63) is 35.9 Å². The number of rotatable bonds is 5. The van der Waals surface area contributed by atoms with Gasteiger partial charge < -0.3 is 10.4 Å². The van der Waals surface area contributed by atoms with E-state index in [-0.39, 0.29) is 25.3 Å². The Kier molecular flexibility index (Phi) is 3.79. The van der Waals surface area contributed by atoms with E-state index in [1.165, 1.54) is 0 Å². The predicted molar refractivity (Wildman–Crippen MR) is 66.2 cm³/mol. The van der Waals surface area contributed by atoms with Gasteiger partial charge in [0.15, 0.2) is 0 Å². The van der Waals surface area contributed by atoms with Gasteiger partial charge in [0.1, 0.15) is 6.04 Å². The minimum atomic E-state index is -0.983. The monoisotopic (exact) mass is 262 g/mol. The maximum absolute atomic E-state index is 12.0. The first-order valence-electron chi connectivity index (χ1n) is 5.95. The van der Waals surface area contributed by atoms with Crippen LogP contribution < -0.4 is 5.32 Å². The molecule has 0 radical (unpaired) electrons. The number of carboxylic acids is 1. The largest absolute Gasteiger partial charge is 0.481 e. The molecule has 0 aliphatic carbocycles. The highest BCUT2D eigenvalue weighted by atomic mass is 16.4.